The van der Waals surface area contributed by atoms with Crippen molar-refractivity contribution in [2.45, 2.75) is 33.1 Å². The Morgan fingerprint density at radius 1 is 1.00 bits per heavy atom. The molecule has 0 radical (unpaired) electrons. The Morgan fingerprint density at radius 3 is 1.80 bits per heavy atom. The van der Waals surface area contributed by atoms with Crippen molar-refractivity contribution < 1.29 is 0 Å². The molecule has 0 aromatic rings. The summed E-state index contributed by atoms with van der Waals surface area (Å²) >= 11 is 0. The van der Waals surface area contributed by atoms with Crippen molar-refractivity contribution >= 4 is 0 Å². The second-order valence-electron chi connectivity index (χ2n) is 2.70. The third-order valence-electron chi connectivity index (χ3n) is 1.55. The highest BCUT2D eigenvalue weighted by molar-refractivity contribution is 4.56. The molecule has 0 aliphatic rings. The average Bonchev–Trinajstić information content (AvgIpc) is 1.90. The fourth-order valence-corrected chi connectivity index (χ4v) is 1.19. The van der Waals surface area contributed by atoms with Gasteiger partial charge in [0.05, 0.1) is 13.3 Å². The normalized spacial score (nSPS) is 10.7. The van der Waals surface area contributed by atoms with Crippen molar-refractivity contribution in [1.29, 1.82) is 0 Å². The van der Waals surface area contributed by atoms with Crippen LogP contribution in [0, 0.1) is 6.92 Å². The SMILES string of the molecule is [CH2+]CCN(CCC)CCC. The van der Waals surface area contributed by atoms with Crippen molar-refractivity contribution in [1.82, 2.24) is 4.90 Å². The summed E-state index contributed by atoms with van der Waals surface area (Å²) in [5, 5.41) is 0. The van der Waals surface area contributed by atoms with Crippen molar-refractivity contribution in [2.75, 3.05) is 19.6 Å². The van der Waals surface area contributed by atoms with Crippen LogP contribution in [0.25, 0.3) is 0 Å². The van der Waals surface area contributed by atoms with Gasteiger partial charge < -0.3 is 0 Å². The van der Waals surface area contributed by atoms with Crippen LogP contribution in [0.15, 0.2) is 0 Å². The van der Waals surface area contributed by atoms with Crippen molar-refractivity contribution in [3.8, 4) is 0 Å². The Bertz CT molecular complexity index is 47.5. The minimum absolute atomic E-state index is 1.04. The monoisotopic (exact) mass is 142 g/mol. The van der Waals surface area contributed by atoms with Crippen LogP contribution in [0.4, 0.5) is 0 Å². The van der Waals surface area contributed by atoms with E-state index in [1.807, 2.05) is 0 Å². The standard InChI is InChI=1S/C9H20N/c1-4-7-10(8-5-2)9-6-3/h1,4-9H2,2-3H3/q+1. The van der Waals surface area contributed by atoms with Gasteiger partial charge in [0.2, 0.25) is 0 Å². The maximum absolute atomic E-state index is 3.85. The number of rotatable bonds is 6. The van der Waals surface area contributed by atoms with Crippen molar-refractivity contribution in [2.24, 2.45) is 0 Å². The fraction of sp³-hybridized carbons (Fsp3) is 0.889. The van der Waals surface area contributed by atoms with Gasteiger partial charge in [-0.3, -0.25) is 4.90 Å². The van der Waals surface area contributed by atoms with Crippen LogP contribution in [0.2, 0.25) is 0 Å². The van der Waals surface area contributed by atoms with Crippen LogP contribution in [0.1, 0.15) is 33.1 Å². The van der Waals surface area contributed by atoms with Crippen LogP contribution >= 0.6 is 0 Å². The summed E-state index contributed by atoms with van der Waals surface area (Å²) in [6, 6.07) is 0. The van der Waals surface area contributed by atoms with Gasteiger partial charge in [-0.05, 0) is 25.9 Å². The zero-order chi connectivity index (χ0) is 7.82. The van der Waals surface area contributed by atoms with Gasteiger partial charge in [0.15, 0.2) is 0 Å². The highest BCUT2D eigenvalue weighted by Crippen LogP contribution is 1.94. The summed E-state index contributed by atoms with van der Waals surface area (Å²) in [6.45, 7) is 12.0. The quantitative estimate of drug-likeness (QED) is 0.514. The molecule has 10 heavy (non-hydrogen) atoms. The highest BCUT2D eigenvalue weighted by Gasteiger charge is 2.00. The average molecular weight is 142 g/mol. The molecule has 60 valence electrons. The Balaban J connectivity index is 3.30. The van der Waals surface area contributed by atoms with Gasteiger partial charge in [-0.15, -0.1) is 0 Å². The molecule has 0 atom stereocenters. The minimum Gasteiger partial charge on any atom is -0.299 e. The van der Waals surface area contributed by atoms with E-state index < -0.39 is 0 Å². The van der Waals surface area contributed by atoms with Gasteiger partial charge >= 0.3 is 0 Å². The fourth-order valence-electron chi connectivity index (χ4n) is 1.19. The van der Waals surface area contributed by atoms with Gasteiger partial charge in [0.25, 0.3) is 0 Å². The van der Waals surface area contributed by atoms with Crippen molar-refractivity contribution in [3.05, 3.63) is 6.92 Å². The Hall–Kier alpha value is -0.170. The van der Waals surface area contributed by atoms with Gasteiger partial charge in [-0.2, -0.15) is 0 Å². The first-order valence-corrected chi connectivity index (χ1v) is 4.36. The molecule has 0 N–H and O–H groups in total. The first-order valence-electron chi connectivity index (χ1n) is 4.36. The first-order chi connectivity index (χ1) is 4.85. The largest absolute Gasteiger partial charge is 0.299 e. The summed E-state index contributed by atoms with van der Waals surface area (Å²) < 4.78 is 0. The smallest absolute Gasteiger partial charge is 0.0977 e. The molecule has 0 aliphatic heterocycles. The maximum atomic E-state index is 3.85. The molecule has 0 aromatic heterocycles. The lowest BCUT2D eigenvalue weighted by molar-refractivity contribution is 0.279. The number of hydrogen-bond donors (Lipinski definition) is 0. The molecule has 0 rings (SSSR count). The molecule has 0 aromatic carbocycles. The highest BCUT2D eigenvalue weighted by atomic mass is 15.1. The van der Waals surface area contributed by atoms with Crippen molar-refractivity contribution in [3.63, 3.8) is 0 Å². The zero-order valence-electron chi connectivity index (χ0n) is 7.40. The Morgan fingerprint density at radius 2 is 1.50 bits per heavy atom. The van der Waals surface area contributed by atoms with Gasteiger partial charge in [-0.1, -0.05) is 13.8 Å². The molecule has 0 heterocycles. The second-order valence-corrected chi connectivity index (χ2v) is 2.70. The van der Waals surface area contributed by atoms with E-state index >= 15 is 0 Å². The van der Waals surface area contributed by atoms with E-state index in [2.05, 4.69) is 25.7 Å². The van der Waals surface area contributed by atoms with Crippen LogP contribution in [-0.2, 0) is 0 Å². The number of hydrogen-bond acceptors (Lipinski definition) is 1. The number of nitrogens with zero attached hydrogens (tertiary/aromatic N) is 1. The third kappa shape index (κ3) is 4.68. The molecule has 0 aliphatic carbocycles. The lowest BCUT2D eigenvalue weighted by Crippen LogP contribution is -2.26. The summed E-state index contributed by atoms with van der Waals surface area (Å²) in [4.78, 5) is 2.48. The van der Waals surface area contributed by atoms with E-state index in [-0.39, 0.29) is 0 Å². The van der Waals surface area contributed by atoms with Crippen LogP contribution in [-0.4, -0.2) is 24.5 Å². The molecule has 0 bridgehead atoms. The molecule has 0 saturated heterocycles. The van der Waals surface area contributed by atoms with Gasteiger partial charge in [0.1, 0.15) is 0 Å². The Labute approximate surface area is 65.4 Å². The zero-order valence-corrected chi connectivity index (χ0v) is 7.40. The van der Waals surface area contributed by atoms with Crippen LogP contribution < -0.4 is 0 Å². The maximum Gasteiger partial charge on any atom is 0.0977 e. The van der Waals surface area contributed by atoms with E-state index in [0.29, 0.717) is 0 Å². The topological polar surface area (TPSA) is 3.24 Å². The summed E-state index contributed by atoms with van der Waals surface area (Å²) in [5.74, 6) is 0. The minimum atomic E-state index is 1.04. The molecular formula is C9H20N+. The second kappa shape index (κ2) is 6.94. The molecule has 1 heteroatoms. The molecular weight excluding hydrogens is 122 g/mol. The summed E-state index contributed by atoms with van der Waals surface area (Å²) in [6.07, 6.45) is 3.57. The molecule has 0 fully saturated rings. The predicted molar refractivity (Wildman–Crippen MR) is 47.0 cm³/mol. The van der Waals surface area contributed by atoms with E-state index in [4.69, 9.17) is 0 Å². The molecule has 1 nitrogen and oxygen atoms in total. The molecule has 0 unspecified atom stereocenters. The summed E-state index contributed by atoms with van der Waals surface area (Å²) in [7, 11) is 0. The van der Waals surface area contributed by atoms with Crippen LogP contribution in [0.3, 0.4) is 0 Å². The lowest BCUT2D eigenvalue weighted by Gasteiger charge is -2.17. The first kappa shape index (κ1) is 9.83. The van der Waals surface area contributed by atoms with E-state index in [9.17, 15) is 0 Å². The summed E-state index contributed by atoms with van der Waals surface area (Å²) in [5.41, 5.74) is 0. The van der Waals surface area contributed by atoms with Gasteiger partial charge in [0, 0.05) is 6.54 Å². The van der Waals surface area contributed by atoms with Gasteiger partial charge in [-0.25, -0.2) is 0 Å². The lowest BCUT2D eigenvalue weighted by atomic mass is 10.3. The predicted octanol–water partition coefficient (Wildman–Crippen LogP) is 2.33. The third-order valence-corrected chi connectivity index (χ3v) is 1.55. The van der Waals surface area contributed by atoms with E-state index in [1.54, 1.807) is 0 Å². The molecule has 0 saturated carbocycles. The van der Waals surface area contributed by atoms with E-state index in [1.165, 1.54) is 32.5 Å². The Kier molecular flexibility index (Phi) is 6.83. The molecule has 0 amide bonds. The van der Waals surface area contributed by atoms with E-state index in [0.717, 1.165) is 6.42 Å². The molecule has 0 spiro atoms. The van der Waals surface area contributed by atoms with Crippen LogP contribution in [0.5, 0.6) is 0 Å².